The van der Waals surface area contributed by atoms with E-state index < -0.39 is 0 Å². The summed E-state index contributed by atoms with van der Waals surface area (Å²) in [6.45, 7) is 3.21. The molecule has 0 aliphatic rings. The van der Waals surface area contributed by atoms with Crippen molar-refractivity contribution in [3.63, 3.8) is 0 Å². The number of carbonyl (C=O) groups excluding carboxylic acids is 1. The summed E-state index contributed by atoms with van der Waals surface area (Å²) in [4.78, 5) is 12.7. The summed E-state index contributed by atoms with van der Waals surface area (Å²) in [5.74, 6) is 0.970. The van der Waals surface area contributed by atoms with E-state index in [2.05, 4.69) is 33.4 Å². The number of hydrazone groups is 1. The predicted octanol–water partition coefficient (Wildman–Crippen LogP) is 5.97. The molecule has 0 radical (unpaired) electrons. The fraction of sp³-hybridized carbons (Fsp3) is 0.200. The third-order valence-corrected chi connectivity index (χ3v) is 4.94. The third kappa shape index (κ3) is 7.26. The minimum atomic E-state index is -0.347. The zero-order valence-corrected chi connectivity index (χ0v) is 19.0. The van der Waals surface area contributed by atoms with E-state index in [1.807, 2.05) is 60.7 Å². The summed E-state index contributed by atoms with van der Waals surface area (Å²) in [7, 11) is 0. The van der Waals surface area contributed by atoms with Gasteiger partial charge in [0.2, 0.25) is 0 Å². The number of carbonyl (C=O) groups is 1. The summed E-state index contributed by atoms with van der Waals surface area (Å²) in [5.41, 5.74) is 4.86. The van der Waals surface area contributed by atoms with Crippen LogP contribution < -0.4 is 14.9 Å². The highest BCUT2D eigenvalue weighted by Gasteiger charge is 2.13. The van der Waals surface area contributed by atoms with Gasteiger partial charge < -0.3 is 9.47 Å². The van der Waals surface area contributed by atoms with Gasteiger partial charge in [-0.2, -0.15) is 5.10 Å². The molecule has 0 aliphatic heterocycles. The summed E-state index contributed by atoms with van der Waals surface area (Å²) < 4.78 is 12.3. The maximum atomic E-state index is 12.7. The maximum Gasteiger partial charge on any atom is 0.275 e. The lowest BCUT2D eigenvalue weighted by Gasteiger charge is -2.11. The van der Waals surface area contributed by atoms with E-state index in [0.717, 1.165) is 34.2 Å². The number of amides is 1. The zero-order valence-electron chi connectivity index (χ0n) is 17.4. The number of halogens is 1. The second kappa shape index (κ2) is 11.9. The minimum Gasteiger partial charge on any atom is -0.494 e. The highest BCUT2D eigenvalue weighted by Crippen LogP contribution is 2.24. The molecule has 3 aromatic carbocycles. The summed E-state index contributed by atoms with van der Waals surface area (Å²) in [6, 6.07) is 22.7. The zero-order chi connectivity index (χ0) is 21.9. The van der Waals surface area contributed by atoms with Crippen molar-refractivity contribution in [1.29, 1.82) is 0 Å². The Bertz CT molecular complexity index is 1010. The molecular formula is C25H25BrN2O3. The highest BCUT2D eigenvalue weighted by molar-refractivity contribution is 9.10. The van der Waals surface area contributed by atoms with Crippen molar-refractivity contribution in [2.75, 3.05) is 6.61 Å². The van der Waals surface area contributed by atoms with Gasteiger partial charge in [0.25, 0.3) is 5.91 Å². The summed E-state index contributed by atoms with van der Waals surface area (Å²) in [5, 5.41) is 4.08. The van der Waals surface area contributed by atoms with Gasteiger partial charge in [0.05, 0.1) is 18.4 Å². The lowest BCUT2D eigenvalue weighted by atomic mass is 10.2. The second-order valence-corrected chi connectivity index (χ2v) is 7.80. The smallest absolute Gasteiger partial charge is 0.275 e. The molecule has 31 heavy (non-hydrogen) atoms. The van der Waals surface area contributed by atoms with Crippen LogP contribution in [0.4, 0.5) is 0 Å². The van der Waals surface area contributed by atoms with Crippen LogP contribution in [-0.2, 0) is 6.61 Å². The first-order valence-electron chi connectivity index (χ1n) is 10.2. The molecule has 3 aromatic rings. The third-order valence-electron chi connectivity index (χ3n) is 4.45. The largest absolute Gasteiger partial charge is 0.494 e. The van der Waals surface area contributed by atoms with Gasteiger partial charge in [-0.1, -0.05) is 59.6 Å². The standard InChI is InChI=1S/C25H25BrN2O3/c1-2-3-15-30-22-12-9-19(10-13-22)17-27-28-25(29)23-16-21(26)11-14-24(23)31-18-20-7-5-4-6-8-20/h4-14,16-17H,2-3,15,18H2,1H3,(H,28,29). The SMILES string of the molecule is CCCCOc1ccc(C=NNC(=O)c2cc(Br)ccc2OCc2ccccc2)cc1. The number of rotatable bonds is 10. The molecule has 0 saturated carbocycles. The van der Waals surface area contributed by atoms with Crippen LogP contribution in [0.3, 0.4) is 0 Å². The molecule has 1 amide bonds. The molecule has 0 heterocycles. The average molecular weight is 481 g/mol. The fourth-order valence-electron chi connectivity index (χ4n) is 2.75. The highest BCUT2D eigenvalue weighted by atomic mass is 79.9. The quantitative estimate of drug-likeness (QED) is 0.221. The molecule has 0 bridgehead atoms. The van der Waals surface area contributed by atoms with Crippen molar-refractivity contribution in [3.8, 4) is 11.5 Å². The Kier molecular flexibility index (Phi) is 8.67. The molecule has 0 atom stereocenters. The van der Waals surface area contributed by atoms with E-state index in [1.54, 1.807) is 18.3 Å². The van der Waals surface area contributed by atoms with E-state index >= 15 is 0 Å². The first-order chi connectivity index (χ1) is 15.2. The second-order valence-electron chi connectivity index (χ2n) is 6.88. The summed E-state index contributed by atoms with van der Waals surface area (Å²) in [6.07, 6.45) is 3.72. The van der Waals surface area contributed by atoms with E-state index in [4.69, 9.17) is 9.47 Å². The number of hydrogen-bond acceptors (Lipinski definition) is 4. The summed E-state index contributed by atoms with van der Waals surface area (Å²) >= 11 is 3.41. The van der Waals surface area contributed by atoms with Gasteiger partial charge in [-0.15, -0.1) is 0 Å². The Hall–Kier alpha value is -3.12. The van der Waals surface area contributed by atoms with E-state index in [-0.39, 0.29) is 5.91 Å². The van der Waals surface area contributed by atoms with Crippen molar-refractivity contribution in [3.05, 3.63) is 94.0 Å². The predicted molar refractivity (Wildman–Crippen MR) is 127 cm³/mol. The molecule has 0 saturated heterocycles. The Balaban J connectivity index is 1.60. The van der Waals surface area contributed by atoms with Crippen LogP contribution in [0.15, 0.2) is 82.4 Å². The molecule has 1 N–H and O–H groups in total. The maximum absolute atomic E-state index is 12.7. The van der Waals surface area contributed by atoms with Gasteiger partial charge in [0.1, 0.15) is 18.1 Å². The Morgan fingerprint density at radius 3 is 2.55 bits per heavy atom. The Labute approximate surface area is 191 Å². The van der Waals surface area contributed by atoms with Gasteiger partial charge in [-0.05, 0) is 60.0 Å². The number of nitrogens with zero attached hydrogens (tertiary/aromatic N) is 1. The molecule has 0 unspecified atom stereocenters. The molecule has 3 rings (SSSR count). The molecule has 6 heteroatoms. The van der Waals surface area contributed by atoms with Crippen LogP contribution in [-0.4, -0.2) is 18.7 Å². The van der Waals surface area contributed by atoms with Gasteiger partial charge >= 0.3 is 0 Å². The van der Waals surface area contributed by atoms with Crippen LogP contribution in [0.25, 0.3) is 0 Å². The van der Waals surface area contributed by atoms with E-state index in [1.165, 1.54) is 0 Å². The molecule has 0 spiro atoms. The molecule has 0 aliphatic carbocycles. The Morgan fingerprint density at radius 2 is 1.81 bits per heavy atom. The van der Waals surface area contributed by atoms with Gasteiger partial charge in [0, 0.05) is 4.47 Å². The minimum absolute atomic E-state index is 0.347. The number of unbranched alkanes of at least 4 members (excludes halogenated alkanes) is 1. The molecule has 5 nitrogen and oxygen atoms in total. The lowest BCUT2D eigenvalue weighted by molar-refractivity contribution is 0.0950. The Morgan fingerprint density at radius 1 is 1.03 bits per heavy atom. The number of hydrogen-bond donors (Lipinski definition) is 1. The van der Waals surface area contributed by atoms with Crippen molar-refractivity contribution in [1.82, 2.24) is 5.43 Å². The van der Waals surface area contributed by atoms with E-state index in [9.17, 15) is 4.79 Å². The number of ether oxygens (including phenoxy) is 2. The first kappa shape index (κ1) is 22.6. The van der Waals surface area contributed by atoms with Crippen molar-refractivity contribution in [2.24, 2.45) is 5.10 Å². The van der Waals surface area contributed by atoms with Crippen molar-refractivity contribution in [2.45, 2.75) is 26.4 Å². The van der Waals surface area contributed by atoms with Crippen LogP contribution in [0.5, 0.6) is 11.5 Å². The topological polar surface area (TPSA) is 59.9 Å². The fourth-order valence-corrected chi connectivity index (χ4v) is 3.11. The number of benzene rings is 3. The molecular weight excluding hydrogens is 456 g/mol. The molecule has 0 fully saturated rings. The average Bonchev–Trinajstić information content (AvgIpc) is 2.80. The van der Waals surface area contributed by atoms with Crippen LogP contribution in [0, 0.1) is 0 Å². The monoisotopic (exact) mass is 480 g/mol. The van der Waals surface area contributed by atoms with Gasteiger partial charge in [-0.25, -0.2) is 5.43 Å². The van der Waals surface area contributed by atoms with Gasteiger partial charge in [-0.3, -0.25) is 4.79 Å². The van der Waals surface area contributed by atoms with Crippen molar-refractivity contribution >= 4 is 28.1 Å². The van der Waals surface area contributed by atoms with Gasteiger partial charge in [0.15, 0.2) is 0 Å². The number of nitrogens with one attached hydrogen (secondary N) is 1. The normalized spacial score (nSPS) is 10.8. The first-order valence-corrected chi connectivity index (χ1v) is 11.0. The van der Waals surface area contributed by atoms with Crippen LogP contribution in [0.1, 0.15) is 41.3 Å². The molecule has 160 valence electrons. The van der Waals surface area contributed by atoms with E-state index in [0.29, 0.717) is 24.5 Å². The molecule has 0 aromatic heterocycles. The lowest BCUT2D eigenvalue weighted by Crippen LogP contribution is -2.18. The van der Waals surface area contributed by atoms with Crippen LogP contribution in [0.2, 0.25) is 0 Å². The van der Waals surface area contributed by atoms with Crippen molar-refractivity contribution < 1.29 is 14.3 Å². The van der Waals surface area contributed by atoms with Crippen LogP contribution >= 0.6 is 15.9 Å².